The first-order valence-electron chi connectivity index (χ1n) is 10.6. The molecule has 0 saturated carbocycles. The normalized spacial score (nSPS) is 18.3. The number of piperidine rings is 2. The molecule has 6 heteroatoms. The Bertz CT molecular complexity index is 860. The van der Waals surface area contributed by atoms with Gasteiger partial charge in [0.1, 0.15) is 0 Å². The number of aromatic nitrogens is 2. The first-order chi connectivity index (χ1) is 14.2. The zero-order chi connectivity index (χ0) is 20.1. The lowest BCUT2D eigenvalue weighted by Gasteiger charge is -2.35. The van der Waals surface area contributed by atoms with Gasteiger partial charge in [0.15, 0.2) is 0 Å². The number of benzene rings is 1. The van der Waals surface area contributed by atoms with Gasteiger partial charge in [-0.3, -0.25) is 9.59 Å². The van der Waals surface area contributed by atoms with Crippen LogP contribution in [0.3, 0.4) is 0 Å². The highest BCUT2D eigenvalue weighted by Crippen LogP contribution is 2.22. The lowest BCUT2D eigenvalue weighted by Crippen LogP contribution is -2.45. The molecule has 4 rings (SSSR count). The molecule has 2 amide bonds. The number of hydrogen-bond donors (Lipinski definition) is 0. The van der Waals surface area contributed by atoms with Crippen LogP contribution in [0.2, 0.25) is 0 Å². The molecule has 1 aromatic carbocycles. The Kier molecular flexibility index (Phi) is 6.08. The van der Waals surface area contributed by atoms with Crippen molar-refractivity contribution < 1.29 is 9.59 Å². The van der Waals surface area contributed by atoms with E-state index >= 15 is 0 Å². The maximum atomic E-state index is 12.7. The minimum atomic E-state index is 0.00123. The van der Waals surface area contributed by atoms with Crippen LogP contribution in [-0.2, 0) is 9.59 Å². The van der Waals surface area contributed by atoms with E-state index < -0.39 is 0 Å². The molecule has 0 radical (unpaired) electrons. The predicted octanol–water partition coefficient (Wildman–Crippen LogP) is 3.14. The van der Waals surface area contributed by atoms with Crippen molar-refractivity contribution in [3.63, 3.8) is 0 Å². The van der Waals surface area contributed by atoms with Gasteiger partial charge in [-0.2, -0.15) is 5.10 Å². The van der Waals surface area contributed by atoms with Gasteiger partial charge in [-0.1, -0.05) is 18.2 Å². The molecular formula is C23H28N4O2. The number of carbonyl (C=O) groups is 2. The molecule has 0 unspecified atom stereocenters. The molecule has 0 atom stereocenters. The van der Waals surface area contributed by atoms with Crippen molar-refractivity contribution in [1.29, 1.82) is 0 Å². The molecule has 3 heterocycles. The van der Waals surface area contributed by atoms with Gasteiger partial charge >= 0.3 is 0 Å². The molecular weight excluding hydrogens is 364 g/mol. The Labute approximate surface area is 171 Å². The van der Waals surface area contributed by atoms with E-state index in [0.29, 0.717) is 19.0 Å². The number of amides is 2. The molecule has 0 bridgehead atoms. The van der Waals surface area contributed by atoms with Gasteiger partial charge in [-0.25, -0.2) is 4.68 Å². The fourth-order valence-electron chi connectivity index (χ4n) is 4.14. The van der Waals surface area contributed by atoms with Gasteiger partial charge in [-0.05, 0) is 50.3 Å². The van der Waals surface area contributed by atoms with Crippen molar-refractivity contribution in [2.75, 3.05) is 26.2 Å². The number of carbonyl (C=O) groups excluding carboxylic acids is 2. The average Bonchev–Trinajstić information content (AvgIpc) is 3.27. The van der Waals surface area contributed by atoms with Crippen LogP contribution in [0.25, 0.3) is 11.8 Å². The Morgan fingerprint density at radius 1 is 0.931 bits per heavy atom. The molecule has 29 heavy (non-hydrogen) atoms. The molecule has 0 aliphatic carbocycles. The molecule has 152 valence electrons. The van der Waals surface area contributed by atoms with Crippen LogP contribution in [-0.4, -0.2) is 57.6 Å². The van der Waals surface area contributed by atoms with Crippen LogP contribution in [0.4, 0.5) is 0 Å². The van der Waals surface area contributed by atoms with Crippen LogP contribution in [0.1, 0.15) is 37.7 Å². The minimum absolute atomic E-state index is 0.00123. The van der Waals surface area contributed by atoms with E-state index in [9.17, 15) is 9.59 Å². The van der Waals surface area contributed by atoms with Crippen LogP contribution in [0.15, 0.2) is 48.8 Å². The van der Waals surface area contributed by atoms with Crippen molar-refractivity contribution in [3.05, 3.63) is 54.4 Å². The Hall–Kier alpha value is -2.89. The van der Waals surface area contributed by atoms with Crippen molar-refractivity contribution in [2.45, 2.75) is 32.1 Å². The standard InChI is InChI=1S/C23H28N4O2/c28-22(10-9-19-17-24-27(18-19)21-7-3-1-4-8-21)25-15-11-20(12-16-25)23(29)26-13-5-2-6-14-26/h1,3-4,7-10,17-18,20H,2,5-6,11-16H2/b10-9+. The molecule has 1 aromatic heterocycles. The first kappa shape index (κ1) is 19.4. The van der Waals surface area contributed by atoms with Crippen molar-refractivity contribution >= 4 is 17.9 Å². The summed E-state index contributed by atoms with van der Waals surface area (Å²) in [5, 5.41) is 4.35. The number of nitrogens with zero attached hydrogens (tertiary/aromatic N) is 4. The maximum Gasteiger partial charge on any atom is 0.246 e. The molecule has 2 aromatic rings. The van der Waals surface area contributed by atoms with Crippen LogP contribution in [0, 0.1) is 5.92 Å². The van der Waals surface area contributed by atoms with Crippen LogP contribution < -0.4 is 0 Å². The molecule has 2 aliphatic heterocycles. The molecule has 2 aliphatic rings. The van der Waals surface area contributed by atoms with E-state index in [4.69, 9.17) is 0 Å². The third kappa shape index (κ3) is 4.75. The number of rotatable bonds is 4. The van der Waals surface area contributed by atoms with E-state index in [0.717, 1.165) is 50.0 Å². The summed E-state index contributed by atoms with van der Waals surface area (Å²) in [5.74, 6) is 0.368. The van der Waals surface area contributed by atoms with Gasteiger partial charge in [-0.15, -0.1) is 0 Å². The van der Waals surface area contributed by atoms with E-state index in [2.05, 4.69) is 5.10 Å². The molecule has 0 N–H and O–H groups in total. The van der Waals surface area contributed by atoms with Gasteiger partial charge < -0.3 is 9.80 Å². The third-order valence-corrected chi connectivity index (χ3v) is 5.87. The molecule has 6 nitrogen and oxygen atoms in total. The van der Waals surface area contributed by atoms with Crippen molar-refractivity contribution in [1.82, 2.24) is 19.6 Å². The largest absolute Gasteiger partial charge is 0.342 e. The van der Waals surface area contributed by atoms with Crippen LogP contribution in [0.5, 0.6) is 0 Å². The second-order valence-electron chi connectivity index (χ2n) is 7.87. The summed E-state index contributed by atoms with van der Waals surface area (Å²) in [4.78, 5) is 29.1. The summed E-state index contributed by atoms with van der Waals surface area (Å²) >= 11 is 0. The van der Waals surface area contributed by atoms with E-state index in [-0.39, 0.29) is 11.8 Å². The van der Waals surface area contributed by atoms with Gasteiger partial charge in [0.25, 0.3) is 0 Å². The number of hydrogen-bond acceptors (Lipinski definition) is 3. The van der Waals surface area contributed by atoms with Crippen molar-refractivity contribution in [3.8, 4) is 5.69 Å². The summed E-state index contributed by atoms with van der Waals surface area (Å²) in [6, 6.07) is 9.88. The monoisotopic (exact) mass is 392 g/mol. The number of likely N-dealkylation sites (tertiary alicyclic amines) is 2. The topological polar surface area (TPSA) is 58.4 Å². The Morgan fingerprint density at radius 3 is 2.38 bits per heavy atom. The fraction of sp³-hybridized carbons (Fsp3) is 0.435. The quantitative estimate of drug-likeness (QED) is 0.751. The highest BCUT2D eigenvalue weighted by molar-refractivity contribution is 5.92. The SMILES string of the molecule is O=C(/C=C/c1cnn(-c2ccccc2)c1)N1CCC(C(=O)N2CCCCC2)CC1. The van der Waals surface area contributed by atoms with E-state index in [1.807, 2.05) is 46.3 Å². The minimum Gasteiger partial charge on any atom is -0.342 e. The third-order valence-electron chi connectivity index (χ3n) is 5.87. The lowest BCUT2D eigenvalue weighted by molar-refractivity contribution is -0.140. The zero-order valence-electron chi connectivity index (χ0n) is 16.7. The zero-order valence-corrected chi connectivity index (χ0v) is 16.7. The van der Waals surface area contributed by atoms with Gasteiger partial charge in [0.2, 0.25) is 11.8 Å². The second-order valence-corrected chi connectivity index (χ2v) is 7.87. The summed E-state index contributed by atoms with van der Waals surface area (Å²) in [6.07, 6.45) is 12.1. The smallest absolute Gasteiger partial charge is 0.246 e. The highest BCUT2D eigenvalue weighted by atomic mass is 16.2. The lowest BCUT2D eigenvalue weighted by atomic mass is 9.94. The summed E-state index contributed by atoms with van der Waals surface area (Å²) in [5.41, 5.74) is 1.87. The Balaban J connectivity index is 1.29. The molecule has 0 spiro atoms. The number of para-hydroxylation sites is 1. The Morgan fingerprint density at radius 2 is 1.66 bits per heavy atom. The van der Waals surface area contributed by atoms with Gasteiger partial charge in [0, 0.05) is 49.9 Å². The highest BCUT2D eigenvalue weighted by Gasteiger charge is 2.30. The van der Waals surface area contributed by atoms with Gasteiger partial charge in [0.05, 0.1) is 11.9 Å². The van der Waals surface area contributed by atoms with Crippen molar-refractivity contribution in [2.24, 2.45) is 5.92 Å². The molecule has 2 fully saturated rings. The van der Waals surface area contributed by atoms with Crippen LogP contribution >= 0.6 is 0 Å². The van der Waals surface area contributed by atoms with E-state index in [1.54, 1.807) is 23.0 Å². The summed E-state index contributed by atoms with van der Waals surface area (Å²) in [7, 11) is 0. The summed E-state index contributed by atoms with van der Waals surface area (Å²) in [6.45, 7) is 3.10. The molecule has 2 saturated heterocycles. The van der Waals surface area contributed by atoms with E-state index in [1.165, 1.54) is 6.42 Å². The average molecular weight is 393 g/mol. The predicted molar refractivity (Wildman–Crippen MR) is 112 cm³/mol. The first-order valence-corrected chi connectivity index (χ1v) is 10.6. The summed E-state index contributed by atoms with van der Waals surface area (Å²) < 4.78 is 1.79. The maximum absolute atomic E-state index is 12.7. The second kappa shape index (κ2) is 9.07. The fourth-order valence-corrected chi connectivity index (χ4v) is 4.14.